The van der Waals surface area contributed by atoms with Crippen molar-refractivity contribution in [2.24, 2.45) is 5.92 Å². The molecule has 31 heavy (non-hydrogen) atoms. The Kier molecular flexibility index (Phi) is 13.0. The van der Waals surface area contributed by atoms with Crippen molar-refractivity contribution in [3.63, 3.8) is 0 Å². The highest BCUT2D eigenvalue weighted by molar-refractivity contribution is 5.87. The van der Waals surface area contributed by atoms with Crippen LogP contribution in [0.1, 0.15) is 39.2 Å². The van der Waals surface area contributed by atoms with E-state index in [1.165, 1.54) is 4.90 Å². The number of ether oxygens (including phenoxy) is 1. The lowest BCUT2D eigenvalue weighted by Gasteiger charge is -2.28. The molecule has 1 rings (SSSR count). The molecular weight excluding hydrogens is 396 g/mol. The molecule has 8 nitrogen and oxygen atoms in total. The number of nitrogens with one attached hydrogen (secondary N) is 3. The van der Waals surface area contributed by atoms with Crippen molar-refractivity contribution >= 4 is 18.2 Å². The van der Waals surface area contributed by atoms with Crippen LogP contribution in [-0.2, 0) is 20.8 Å². The number of amides is 3. The summed E-state index contributed by atoms with van der Waals surface area (Å²) in [5.74, 6) is 0.685. The van der Waals surface area contributed by atoms with E-state index in [-0.39, 0.29) is 30.3 Å². The molecule has 174 valence electrons. The predicted octanol–water partition coefficient (Wildman–Crippen LogP) is 1.34. The maximum absolute atomic E-state index is 12.9. The second kappa shape index (κ2) is 15.2. The molecular formula is C23H38N4O4. The quantitative estimate of drug-likeness (QED) is 0.269. The summed E-state index contributed by atoms with van der Waals surface area (Å²) in [6, 6.07) is 7.47. The number of carbonyl (C=O) groups is 3. The largest absolute Gasteiger partial charge is 0.492 e. The average molecular weight is 435 g/mol. The van der Waals surface area contributed by atoms with Gasteiger partial charge in [0, 0.05) is 26.7 Å². The topological polar surface area (TPSA) is 99.8 Å². The fourth-order valence-corrected chi connectivity index (χ4v) is 3.22. The van der Waals surface area contributed by atoms with Gasteiger partial charge in [-0.05, 0) is 37.3 Å². The minimum atomic E-state index is -0.377. The molecule has 0 heterocycles. The van der Waals surface area contributed by atoms with Gasteiger partial charge in [0.25, 0.3) is 0 Å². The third-order valence-corrected chi connectivity index (χ3v) is 5.16. The first-order valence-corrected chi connectivity index (χ1v) is 11.1. The molecule has 2 atom stereocenters. The minimum absolute atomic E-state index is 0.0458. The number of benzene rings is 1. The Morgan fingerprint density at radius 3 is 2.61 bits per heavy atom. The summed E-state index contributed by atoms with van der Waals surface area (Å²) in [5.41, 5.74) is 1.09. The van der Waals surface area contributed by atoms with Crippen LogP contribution in [0.5, 0.6) is 5.75 Å². The van der Waals surface area contributed by atoms with Gasteiger partial charge in [-0.3, -0.25) is 14.4 Å². The maximum atomic E-state index is 12.9. The fraction of sp³-hybridized carbons (Fsp3) is 0.609. The number of para-hydroxylation sites is 1. The van der Waals surface area contributed by atoms with Crippen LogP contribution in [0.3, 0.4) is 0 Å². The molecule has 3 N–H and O–H groups in total. The number of hydrogen-bond donors (Lipinski definition) is 3. The van der Waals surface area contributed by atoms with E-state index in [1.54, 1.807) is 7.05 Å². The zero-order valence-corrected chi connectivity index (χ0v) is 19.3. The van der Waals surface area contributed by atoms with Crippen LogP contribution in [-0.4, -0.2) is 69.0 Å². The Morgan fingerprint density at radius 1 is 1.19 bits per heavy atom. The summed E-state index contributed by atoms with van der Waals surface area (Å²) < 4.78 is 5.95. The van der Waals surface area contributed by atoms with Gasteiger partial charge >= 0.3 is 0 Å². The Labute approximate surface area is 186 Å². The van der Waals surface area contributed by atoms with Crippen molar-refractivity contribution in [2.45, 2.75) is 46.1 Å². The molecule has 0 spiro atoms. The van der Waals surface area contributed by atoms with Crippen LogP contribution in [0.2, 0.25) is 0 Å². The number of hydrogen-bond acceptors (Lipinski definition) is 5. The maximum Gasteiger partial charge on any atom is 0.240 e. The summed E-state index contributed by atoms with van der Waals surface area (Å²) in [6.07, 6.45) is 3.19. The second-order valence-electron chi connectivity index (χ2n) is 7.60. The van der Waals surface area contributed by atoms with Crippen molar-refractivity contribution in [1.82, 2.24) is 20.9 Å². The number of aryl methyl sites for hydroxylation is 1. The first-order valence-electron chi connectivity index (χ1n) is 11.1. The van der Waals surface area contributed by atoms with Gasteiger partial charge in [0.1, 0.15) is 12.4 Å². The molecule has 0 aliphatic heterocycles. The molecule has 0 saturated heterocycles. The van der Waals surface area contributed by atoms with E-state index >= 15 is 0 Å². The van der Waals surface area contributed by atoms with Crippen molar-refractivity contribution in [3.8, 4) is 5.75 Å². The zero-order valence-electron chi connectivity index (χ0n) is 19.3. The third-order valence-electron chi connectivity index (χ3n) is 5.16. The highest BCUT2D eigenvalue weighted by Crippen LogP contribution is 2.19. The Balaban J connectivity index is 2.59. The van der Waals surface area contributed by atoms with Crippen LogP contribution >= 0.6 is 0 Å². The lowest BCUT2D eigenvalue weighted by Crippen LogP contribution is -2.51. The van der Waals surface area contributed by atoms with E-state index in [9.17, 15) is 14.4 Å². The van der Waals surface area contributed by atoms with Crippen molar-refractivity contribution < 1.29 is 19.1 Å². The second-order valence-corrected chi connectivity index (χ2v) is 7.60. The van der Waals surface area contributed by atoms with Gasteiger partial charge in [-0.2, -0.15) is 0 Å². The van der Waals surface area contributed by atoms with Crippen molar-refractivity contribution in [2.75, 3.05) is 39.8 Å². The van der Waals surface area contributed by atoms with E-state index in [2.05, 4.69) is 16.0 Å². The lowest BCUT2D eigenvalue weighted by molar-refractivity contribution is -0.137. The van der Waals surface area contributed by atoms with Crippen LogP contribution < -0.4 is 20.7 Å². The van der Waals surface area contributed by atoms with Crippen molar-refractivity contribution in [1.29, 1.82) is 0 Å². The summed E-state index contributed by atoms with van der Waals surface area (Å²) in [4.78, 5) is 36.5. The molecule has 0 aliphatic carbocycles. The van der Waals surface area contributed by atoms with Gasteiger partial charge in [-0.15, -0.1) is 0 Å². The molecule has 0 radical (unpaired) electrons. The van der Waals surface area contributed by atoms with Gasteiger partial charge in [0.15, 0.2) is 0 Å². The number of likely N-dealkylation sites (N-methyl/N-ethyl adjacent to an activating group) is 2. The fourth-order valence-electron chi connectivity index (χ4n) is 3.22. The van der Waals surface area contributed by atoms with E-state index in [4.69, 9.17) is 4.74 Å². The van der Waals surface area contributed by atoms with Crippen LogP contribution in [0, 0.1) is 5.92 Å². The van der Waals surface area contributed by atoms with Crippen LogP contribution in [0.15, 0.2) is 24.3 Å². The lowest BCUT2D eigenvalue weighted by atomic mass is 9.98. The first kappa shape index (κ1) is 26.4. The number of rotatable bonds is 16. The first-order chi connectivity index (χ1) is 14.9. The van der Waals surface area contributed by atoms with Gasteiger partial charge in [0.05, 0.1) is 12.6 Å². The molecule has 0 bridgehead atoms. The molecule has 3 amide bonds. The Morgan fingerprint density at radius 2 is 1.94 bits per heavy atom. The SMILES string of the molecule is CCNC(=O)CN(C)C(=O)C(NCCOc1ccccc1CCCNC=O)C(C)CC. The van der Waals surface area contributed by atoms with E-state index in [1.807, 2.05) is 45.0 Å². The Bertz CT molecular complexity index is 683. The molecule has 2 unspecified atom stereocenters. The Hall–Kier alpha value is -2.61. The van der Waals surface area contributed by atoms with Gasteiger partial charge in [-0.1, -0.05) is 38.5 Å². The van der Waals surface area contributed by atoms with Gasteiger partial charge in [-0.25, -0.2) is 0 Å². The number of carbonyl (C=O) groups excluding carboxylic acids is 3. The van der Waals surface area contributed by atoms with Crippen molar-refractivity contribution in [3.05, 3.63) is 29.8 Å². The summed E-state index contributed by atoms with van der Waals surface area (Å²) in [7, 11) is 1.65. The molecule has 0 aromatic heterocycles. The molecule has 0 fully saturated rings. The number of nitrogens with zero attached hydrogens (tertiary/aromatic N) is 1. The molecule has 0 aliphatic rings. The van der Waals surface area contributed by atoms with Crippen LogP contribution in [0.4, 0.5) is 0 Å². The summed E-state index contributed by atoms with van der Waals surface area (Å²) in [5, 5.41) is 8.69. The van der Waals surface area contributed by atoms with Crippen LogP contribution in [0.25, 0.3) is 0 Å². The summed E-state index contributed by atoms with van der Waals surface area (Å²) >= 11 is 0. The van der Waals surface area contributed by atoms with Gasteiger partial charge < -0.3 is 25.6 Å². The zero-order chi connectivity index (χ0) is 23.1. The smallest absolute Gasteiger partial charge is 0.240 e. The molecule has 1 aromatic rings. The monoisotopic (exact) mass is 434 g/mol. The van der Waals surface area contributed by atoms with E-state index in [0.717, 1.165) is 30.6 Å². The predicted molar refractivity (Wildman–Crippen MR) is 122 cm³/mol. The summed E-state index contributed by atoms with van der Waals surface area (Å²) in [6.45, 7) is 8.07. The van der Waals surface area contributed by atoms with E-state index < -0.39 is 0 Å². The third kappa shape index (κ3) is 9.83. The molecule has 8 heteroatoms. The molecule has 1 aromatic carbocycles. The standard InChI is InChI=1S/C23H38N4O4/c1-5-18(3)22(23(30)27(4)16-21(29)25-6-2)26-14-15-31-20-12-8-7-10-19(20)11-9-13-24-17-28/h7-8,10,12,17-18,22,26H,5-6,9,11,13-16H2,1-4H3,(H,24,28)(H,25,29). The average Bonchev–Trinajstić information content (AvgIpc) is 2.76. The van der Waals surface area contributed by atoms with E-state index in [0.29, 0.717) is 32.7 Å². The normalized spacial score (nSPS) is 12.5. The van der Waals surface area contributed by atoms with Gasteiger partial charge in [0.2, 0.25) is 18.2 Å². The molecule has 0 saturated carbocycles. The highest BCUT2D eigenvalue weighted by atomic mass is 16.5. The minimum Gasteiger partial charge on any atom is -0.492 e. The highest BCUT2D eigenvalue weighted by Gasteiger charge is 2.27.